The largest absolute Gasteiger partial charge is 0.493 e. The number of ketones is 1. The molecule has 98 valence electrons. The molecule has 18 heavy (non-hydrogen) atoms. The monoisotopic (exact) mass is 251 g/mol. The number of hydrogen-bond acceptors (Lipinski definition) is 4. The molecule has 5 nitrogen and oxygen atoms in total. The van der Waals surface area contributed by atoms with Gasteiger partial charge in [-0.15, -0.1) is 0 Å². The number of carbonyl (C=O) groups is 1. The smallest absolute Gasteiger partial charge is 0.269 e. The molecule has 0 fully saturated rings. The van der Waals surface area contributed by atoms with E-state index >= 15 is 0 Å². The summed E-state index contributed by atoms with van der Waals surface area (Å²) in [7, 11) is 0. The van der Waals surface area contributed by atoms with Gasteiger partial charge in [0.15, 0.2) is 0 Å². The van der Waals surface area contributed by atoms with Gasteiger partial charge in [0.1, 0.15) is 11.5 Å². The Morgan fingerprint density at radius 3 is 2.67 bits per heavy atom. The Morgan fingerprint density at radius 1 is 1.39 bits per heavy atom. The lowest BCUT2D eigenvalue weighted by molar-refractivity contribution is -0.384. The highest BCUT2D eigenvalue weighted by Crippen LogP contribution is 2.23. The van der Waals surface area contributed by atoms with Crippen LogP contribution in [0.2, 0.25) is 0 Å². The van der Waals surface area contributed by atoms with E-state index in [-0.39, 0.29) is 11.5 Å². The van der Waals surface area contributed by atoms with E-state index in [0.717, 1.165) is 18.4 Å². The molecule has 0 aliphatic heterocycles. The summed E-state index contributed by atoms with van der Waals surface area (Å²) in [5, 5.41) is 10.6. The number of non-ortho nitro benzene ring substituents is 1. The zero-order chi connectivity index (χ0) is 13.5. The predicted octanol–water partition coefficient (Wildman–Crippen LogP) is 3.04. The van der Waals surface area contributed by atoms with E-state index in [0.29, 0.717) is 18.8 Å². The quantitative estimate of drug-likeness (QED) is 0.424. The van der Waals surface area contributed by atoms with Crippen molar-refractivity contribution in [3.63, 3.8) is 0 Å². The van der Waals surface area contributed by atoms with Crippen LogP contribution in [0.15, 0.2) is 18.2 Å². The van der Waals surface area contributed by atoms with Crippen LogP contribution in [0.25, 0.3) is 0 Å². The third-order valence-electron chi connectivity index (χ3n) is 2.55. The van der Waals surface area contributed by atoms with Crippen molar-refractivity contribution in [3.8, 4) is 5.75 Å². The van der Waals surface area contributed by atoms with Crippen LogP contribution in [0.3, 0.4) is 0 Å². The zero-order valence-corrected chi connectivity index (χ0v) is 10.6. The summed E-state index contributed by atoms with van der Waals surface area (Å²) < 4.78 is 5.52. The average Bonchev–Trinajstić information content (AvgIpc) is 2.29. The van der Waals surface area contributed by atoms with Crippen LogP contribution in [-0.4, -0.2) is 17.3 Å². The highest BCUT2D eigenvalue weighted by atomic mass is 16.6. The van der Waals surface area contributed by atoms with E-state index in [9.17, 15) is 14.9 Å². The molecule has 1 aromatic carbocycles. The maximum atomic E-state index is 10.7. The molecule has 0 amide bonds. The van der Waals surface area contributed by atoms with Crippen molar-refractivity contribution in [2.24, 2.45) is 0 Å². The molecule has 0 radical (unpaired) electrons. The van der Waals surface area contributed by atoms with Crippen LogP contribution < -0.4 is 4.74 Å². The maximum absolute atomic E-state index is 10.7. The molecule has 0 saturated carbocycles. The van der Waals surface area contributed by atoms with Gasteiger partial charge in [0.25, 0.3) is 5.69 Å². The van der Waals surface area contributed by atoms with Crippen LogP contribution in [0.4, 0.5) is 5.69 Å². The lowest BCUT2D eigenvalue weighted by atomic mass is 10.2. The van der Waals surface area contributed by atoms with E-state index in [4.69, 9.17) is 4.74 Å². The topological polar surface area (TPSA) is 69.4 Å². The molecule has 1 aromatic rings. The van der Waals surface area contributed by atoms with E-state index in [1.54, 1.807) is 19.9 Å². The van der Waals surface area contributed by atoms with Crippen molar-refractivity contribution in [1.82, 2.24) is 0 Å². The third-order valence-corrected chi connectivity index (χ3v) is 2.55. The average molecular weight is 251 g/mol. The summed E-state index contributed by atoms with van der Waals surface area (Å²) in [5.41, 5.74) is 0.812. The van der Waals surface area contributed by atoms with Gasteiger partial charge in [0.2, 0.25) is 0 Å². The van der Waals surface area contributed by atoms with E-state index in [1.165, 1.54) is 12.1 Å². The number of nitro groups is 1. The fourth-order valence-electron chi connectivity index (χ4n) is 1.57. The molecule has 0 saturated heterocycles. The van der Waals surface area contributed by atoms with E-state index in [2.05, 4.69) is 0 Å². The first-order valence-electron chi connectivity index (χ1n) is 5.88. The van der Waals surface area contributed by atoms with Crippen molar-refractivity contribution in [2.75, 3.05) is 6.61 Å². The van der Waals surface area contributed by atoms with Gasteiger partial charge in [-0.05, 0) is 38.3 Å². The number of unbranched alkanes of at least 4 members (excludes halogenated alkanes) is 1. The minimum Gasteiger partial charge on any atom is -0.493 e. The van der Waals surface area contributed by atoms with Crippen molar-refractivity contribution in [1.29, 1.82) is 0 Å². The van der Waals surface area contributed by atoms with Gasteiger partial charge in [-0.2, -0.15) is 0 Å². The van der Waals surface area contributed by atoms with E-state index < -0.39 is 4.92 Å². The number of hydrogen-bond donors (Lipinski definition) is 0. The van der Waals surface area contributed by atoms with Gasteiger partial charge < -0.3 is 9.53 Å². The molecule has 0 atom stereocenters. The Labute approximate surface area is 106 Å². The van der Waals surface area contributed by atoms with Crippen LogP contribution in [0, 0.1) is 17.0 Å². The first-order chi connectivity index (χ1) is 8.50. The third kappa shape index (κ3) is 4.53. The Kier molecular flexibility index (Phi) is 5.30. The van der Waals surface area contributed by atoms with Gasteiger partial charge in [0.05, 0.1) is 11.5 Å². The number of nitrogens with zero attached hydrogens (tertiary/aromatic N) is 1. The van der Waals surface area contributed by atoms with Crippen molar-refractivity contribution < 1.29 is 14.5 Å². The van der Waals surface area contributed by atoms with Crippen molar-refractivity contribution in [2.45, 2.75) is 33.1 Å². The number of Topliss-reactive ketones (excluding diaryl/α,β-unsaturated/α-hetero) is 1. The van der Waals surface area contributed by atoms with Crippen LogP contribution in [-0.2, 0) is 4.79 Å². The minimum atomic E-state index is -0.427. The Morgan fingerprint density at radius 2 is 2.11 bits per heavy atom. The normalized spacial score (nSPS) is 10.1. The maximum Gasteiger partial charge on any atom is 0.269 e. The number of nitro benzene ring substituents is 1. The second-order valence-corrected chi connectivity index (χ2v) is 4.21. The van der Waals surface area contributed by atoms with Gasteiger partial charge in [0, 0.05) is 18.6 Å². The van der Waals surface area contributed by atoms with Gasteiger partial charge >= 0.3 is 0 Å². The van der Waals surface area contributed by atoms with Crippen LogP contribution in [0.1, 0.15) is 31.7 Å². The summed E-state index contributed by atoms with van der Waals surface area (Å²) in [5.74, 6) is 0.838. The van der Waals surface area contributed by atoms with Crippen molar-refractivity contribution in [3.05, 3.63) is 33.9 Å². The summed E-state index contributed by atoms with van der Waals surface area (Å²) >= 11 is 0. The van der Waals surface area contributed by atoms with Gasteiger partial charge in [-0.3, -0.25) is 10.1 Å². The lowest BCUT2D eigenvalue weighted by Crippen LogP contribution is -2.00. The fourth-order valence-corrected chi connectivity index (χ4v) is 1.57. The highest BCUT2D eigenvalue weighted by Gasteiger charge is 2.08. The molecular weight excluding hydrogens is 234 g/mol. The molecule has 0 spiro atoms. The molecule has 0 heterocycles. The van der Waals surface area contributed by atoms with Gasteiger partial charge in [-0.25, -0.2) is 0 Å². The molecule has 0 unspecified atom stereocenters. The van der Waals surface area contributed by atoms with Crippen LogP contribution in [0.5, 0.6) is 5.75 Å². The molecular formula is C13H17NO4. The molecule has 5 heteroatoms. The number of aryl methyl sites for hydroxylation is 1. The fraction of sp³-hybridized carbons (Fsp3) is 0.462. The SMILES string of the molecule is CC(=O)CCCCOc1ccc([N+](=O)[O-])cc1C. The predicted molar refractivity (Wildman–Crippen MR) is 67.9 cm³/mol. The first-order valence-corrected chi connectivity index (χ1v) is 5.88. The number of carbonyl (C=O) groups excluding carboxylic acids is 1. The Hall–Kier alpha value is -1.91. The molecule has 0 aliphatic carbocycles. The second-order valence-electron chi connectivity index (χ2n) is 4.21. The second kappa shape index (κ2) is 6.74. The number of benzene rings is 1. The Bertz CT molecular complexity index is 443. The molecule has 0 aromatic heterocycles. The Balaban J connectivity index is 2.43. The van der Waals surface area contributed by atoms with Crippen LogP contribution >= 0.6 is 0 Å². The van der Waals surface area contributed by atoms with Crippen molar-refractivity contribution >= 4 is 11.5 Å². The summed E-state index contributed by atoms with van der Waals surface area (Å²) in [6.07, 6.45) is 2.18. The number of rotatable bonds is 7. The molecule has 1 rings (SSSR count). The van der Waals surface area contributed by atoms with Gasteiger partial charge in [-0.1, -0.05) is 0 Å². The molecule has 0 N–H and O–H groups in total. The summed E-state index contributed by atoms with van der Waals surface area (Å²) in [6.45, 7) is 3.87. The first kappa shape index (κ1) is 14.2. The molecule has 0 aliphatic rings. The molecule has 0 bridgehead atoms. The summed E-state index contributed by atoms with van der Waals surface area (Å²) in [6, 6.07) is 4.53. The highest BCUT2D eigenvalue weighted by molar-refractivity contribution is 5.75. The zero-order valence-electron chi connectivity index (χ0n) is 10.6. The summed E-state index contributed by atoms with van der Waals surface area (Å²) in [4.78, 5) is 20.9. The standard InChI is InChI=1S/C13H17NO4/c1-10-9-12(14(16)17)6-7-13(10)18-8-4-3-5-11(2)15/h6-7,9H,3-5,8H2,1-2H3. The number of ether oxygens (including phenoxy) is 1. The lowest BCUT2D eigenvalue weighted by Gasteiger charge is -2.08. The van der Waals surface area contributed by atoms with E-state index in [1.807, 2.05) is 0 Å². The minimum absolute atomic E-state index is 0.0661.